The summed E-state index contributed by atoms with van der Waals surface area (Å²) in [5, 5.41) is 9.03. The Bertz CT molecular complexity index is 447. The summed E-state index contributed by atoms with van der Waals surface area (Å²) in [6.07, 6.45) is 3.62. The van der Waals surface area contributed by atoms with Gasteiger partial charge in [0.2, 0.25) is 0 Å². The van der Waals surface area contributed by atoms with Crippen LogP contribution >= 0.6 is 0 Å². The highest BCUT2D eigenvalue weighted by Crippen LogP contribution is 2.33. The number of benzene rings is 1. The van der Waals surface area contributed by atoms with E-state index in [0.717, 1.165) is 12.1 Å². The summed E-state index contributed by atoms with van der Waals surface area (Å²) in [7, 11) is 0. The molecule has 0 amide bonds. The number of hydrogen-bond donors (Lipinski definition) is 1. The van der Waals surface area contributed by atoms with Crippen molar-refractivity contribution >= 4 is 11.4 Å². The third-order valence-electron chi connectivity index (χ3n) is 3.71. The van der Waals surface area contributed by atoms with E-state index in [0.29, 0.717) is 23.3 Å². The largest absolute Gasteiger partial charge is 0.398 e. The molecule has 0 radical (unpaired) electrons. The van der Waals surface area contributed by atoms with Crippen molar-refractivity contribution in [3.05, 3.63) is 23.8 Å². The van der Waals surface area contributed by atoms with Crippen molar-refractivity contribution in [2.45, 2.75) is 45.2 Å². The summed E-state index contributed by atoms with van der Waals surface area (Å²) in [4.78, 5) is 2.43. The Morgan fingerprint density at radius 1 is 1.47 bits per heavy atom. The second-order valence-corrected chi connectivity index (χ2v) is 4.78. The first kappa shape index (κ1) is 11.8. The number of nitrogen functional groups attached to an aromatic ring is 1. The SMILES string of the molecule is CCC1CCC(C)N1c1ccc(N)c(C#N)c1. The van der Waals surface area contributed by atoms with Gasteiger partial charge in [-0.3, -0.25) is 0 Å². The molecule has 1 heterocycles. The number of nitriles is 1. The molecule has 0 bridgehead atoms. The van der Waals surface area contributed by atoms with E-state index in [1.165, 1.54) is 12.8 Å². The van der Waals surface area contributed by atoms with Crippen molar-refractivity contribution < 1.29 is 0 Å². The predicted molar refractivity (Wildman–Crippen MR) is 70.8 cm³/mol. The van der Waals surface area contributed by atoms with Crippen molar-refractivity contribution in [2.75, 3.05) is 10.6 Å². The quantitative estimate of drug-likeness (QED) is 0.793. The first-order valence-corrected chi connectivity index (χ1v) is 6.25. The molecule has 17 heavy (non-hydrogen) atoms. The molecule has 2 rings (SSSR count). The fourth-order valence-electron chi connectivity index (χ4n) is 2.74. The van der Waals surface area contributed by atoms with E-state index in [1.807, 2.05) is 18.2 Å². The Balaban J connectivity index is 2.36. The van der Waals surface area contributed by atoms with E-state index in [-0.39, 0.29) is 0 Å². The van der Waals surface area contributed by atoms with Crippen LogP contribution in [0.5, 0.6) is 0 Å². The van der Waals surface area contributed by atoms with Gasteiger partial charge < -0.3 is 10.6 Å². The van der Waals surface area contributed by atoms with Crippen LogP contribution in [0.3, 0.4) is 0 Å². The Morgan fingerprint density at radius 2 is 2.24 bits per heavy atom. The number of hydrogen-bond acceptors (Lipinski definition) is 3. The normalized spacial score (nSPS) is 23.7. The number of rotatable bonds is 2. The van der Waals surface area contributed by atoms with Gasteiger partial charge in [-0.25, -0.2) is 0 Å². The van der Waals surface area contributed by atoms with Gasteiger partial charge >= 0.3 is 0 Å². The van der Waals surface area contributed by atoms with Gasteiger partial charge in [-0.2, -0.15) is 5.26 Å². The van der Waals surface area contributed by atoms with Crippen molar-refractivity contribution in [1.29, 1.82) is 5.26 Å². The topological polar surface area (TPSA) is 53.0 Å². The van der Waals surface area contributed by atoms with Gasteiger partial charge in [-0.05, 0) is 44.4 Å². The predicted octanol–water partition coefficient (Wildman–Crippen LogP) is 2.91. The molecule has 1 aromatic carbocycles. The Morgan fingerprint density at radius 3 is 2.88 bits per heavy atom. The molecule has 0 saturated carbocycles. The van der Waals surface area contributed by atoms with Crippen molar-refractivity contribution in [3.63, 3.8) is 0 Å². The molecule has 90 valence electrons. The second-order valence-electron chi connectivity index (χ2n) is 4.78. The summed E-state index contributed by atoms with van der Waals surface area (Å²) < 4.78 is 0. The number of nitrogens with two attached hydrogens (primary N) is 1. The third kappa shape index (κ3) is 2.08. The average molecular weight is 229 g/mol. The maximum Gasteiger partial charge on any atom is 0.101 e. The fourth-order valence-corrected chi connectivity index (χ4v) is 2.74. The van der Waals surface area contributed by atoms with Crippen LogP contribution in [0.15, 0.2) is 18.2 Å². The van der Waals surface area contributed by atoms with Crippen LogP contribution in [0.1, 0.15) is 38.7 Å². The Hall–Kier alpha value is -1.69. The third-order valence-corrected chi connectivity index (χ3v) is 3.71. The van der Waals surface area contributed by atoms with Crippen LogP contribution in [0.25, 0.3) is 0 Å². The zero-order valence-electron chi connectivity index (χ0n) is 10.5. The summed E-state index contributed by atoms with van der Waals surface area (Å²) in [6.45, 7) is 4.47. The standard InChI is InChI=1S/C14H19N3/c1-3-12-5-4-10(2)17(12)13-6-7-14(16)11(8-13)9-15/h6-8,10,12H,3-5,16H2,1-2H3. The lowest BCUT2D eigenvalue weighted by Crippen LogP contribution is -2.34. The Labute approximate surface area is 103 Å². The summed E-state index contributed by atoms with van der Waals surface area (Å²) in [5.74, 6) is 0. The molecule has 1 aliphatic rings. The number of nitrogens with zero attached hydrogens (tertiary/aromatic N) is 2. The molecule has 0 spiro atoms. The van der Waals surface area contributed by atoms with Crippen molar-refractivity contribution in [3.8, 4) is 6.07 Å². The highest BCUT2D eigenvalue weighted by molar-refractivity contribution is 5.63. The molecule has 3 nitrogen and oxygen atoms in total. The number of anilines is 2. The van der Waals surface area contributed by atoms with Gasteiger partial charge in [0.05, 0.1) is 5.56 Å². The van der Waals surface area contributed by atoms with E-state index in [9.17, 15) is 0 Å². The lowest BCUT2D eigenvalue weighted by molar-refractivity contribution is 0.628. The van der Waals surface area contributed by atoms with E-state index >= 15 is 0 Å². The minimum atomic E-state index is 0.551. The maximum atomic E-state index is 9.03. The zero-order valence-corrected chi connectivity index (χ0v) is 10.5. The van der Waals surface area contributed by atoms with Crippen LogP contribution in [-0.4, -0.2) is 12.1 Å². The zero-order chi connectivity index (χ0) is 12.4. The maximum absolute atomic E-state index is 9.03. The minimum absolute atomic E-state index is 0.551. The van der Waals surface area contributed by atoms with Gasteiger partial charge in [-0.1, -0.05) is 6.92 Å². The van der Waals surface area contributed by atoms with Crippen LogP contribution in [-0.2, 0) is 0 Å². The van der Waals surface area contributed by atoms with Crippen LogP contribution < -0.4 is 10.6 Å². The highest BCUT2D eigenvalue weighted by atomic mass is 15.2. The smallest absolute Gasteiger partial charge is 0.101 e. The highest BCUT2D eigenvalue weighted by Gasteiger charge is 2.29. The van der Waals surface area contributed by atoms with Gasteiger partial charge in [0, 0.05) is 23.5 Å². The molecule has 0 aliphatic carbocycles. The molecule has 2 unspecified atom stereocenters. The van der Waals surface area contributed by atoms with E-state index in [4.69, 9.17) is 11.0 Å². The van der Waals surface area contributed by atoms with Crippen LogP contribution in [0, 0.1) is 11.3 Å². The summed E-state index contributed by atoms with van der Waals surface area (Å²) in [6, 6.07) is 9.09. The molecular formula is C14H19N3. The van der Waals surface area contributed by atoms with Gasteiger partial charge in [0.1, 0.15) is 6.07 Å². The lowest BCUT2D eigenvalue weighted by Gasteiger charge is -2.30. The summed E-state index contributed by atoms with van der Waals surface area (Å²) in [5.41, 5.74) is 8.04. The molecule has 0 aromatic heterocycles. The van der Waals surface area contributed by atoms with Crippen LogP contribution in [0.4, 0.5) is 11.4 Å². The van der Waals surface area contributed by atoms with E-state index < -0.39 is 0 Å². The van der Waals surface area contributed by atoms with Gasteiger partial charge in [-0.15, -0.1) is 0 Å². The molecule has 2 N–H and O–H groups in total. The average Bonchev–Trinajstić information content (AvgIpc) is 2.71. The Kier molecular flexibility index (Phi) is 3.23. The fraction of sp³-hybridized carbons (Fsp3) is 0.500. The summed E-state index contributed by atoms with van der Waals surface area (Å²) >= 11 is 0. The van der Waals surface area contributed by atoms with E-state index in [2.05, 4.69) is 24.8 Å². The minimum Gasteiger partial charge on any atom is -0.398 e. The van der Waals surface area contributed by atoms with Crippen LogP contribution in [0.2, 0.25) is 0 Å². The van der Waals surface area contributed by atoms with Crippen molar-refractivity contribution in [2.24, 2.45) is 0 Å². The van der Waals surface area contributed by atoms with Gasteiger partial charge in [0.25, 0.3) is 0 Å². The van der Waals surface area contributed by atoms with E-state index in [1.54, 1.807) is 0 Å². The molecule has 1 aromatic rings. The van der Waals surface area contributed by atoms with Crippen molar-refractivity contribution in [1.82, 2.24) is 0 Å². The second kappa shape index (κ2) is 4.67. The lowest BCUT2D eigenvalue weighted by atomic mass is 10.1. The molecule has 1 saturated heterocycles. The molecule has 1 aliphatic heterocycles. The monoisotopic (exact) mass is 229 g/mol. The molecule has 1 fully saturated rings. The molecule has 2 atom stereocenters. The first-order chi connectivity index (χ1) is 8.17. The first-order valence-electron chi connectivity index (χ1n) is 6.25. The molecule has 3 heteroatoms. The van der Waals surface area contributed by atoms with Gasteiger partial charge in [0.15, 0.2) is 0 Å². The molecular weight excluding hydrogens is 210 g/mol.